The third-order valence-corrected chi connectivity index (χ3v) is 1.97. The van der Waals surface area contributed by atoms with Crippen LogP contribution in [0.25, 0.3) is 0 Å². The van der Waals surface area contributed by atoms with E-state index in [9.17, 15) is 4.79 Å². The van der Waals surface area contributed by atoms with Crippen LogP contribution in [-0.2, 0) is 11.3 Å². The van der Waals surface area contributed by atoms with Gasteiger partial charge in [0.25, 0.3) is 0 Å². The number of rotatable bonds is 3. The fourth-order valence-corrected chi connectivity index (χ4v) is 1.02. The lowest BCUT2D eigenvalue weighted by atomic mass is 10.1. The van der Waals surface area contributed by atoms with Crippen molar-refractivity contribution in [1.29, 1.82) is 0 Å². The molecule has 2 N–H and O–H groups in total. The van der Waals surface area contributed by atoms with Crippen LogP contribution in [0.15, 0.2) is 29.4 Å². The van der Waals surface area contributed by atoms with E-state index in [0.717, 1.165) is 0 Å². The van der Waals surface area contributed by atoms with Crippen LogP contribution in [0, 0.1) is 0 Å². The number of hydrogen-bond donors (Lipinski definition) is 2. The molecule has 0 unspecified atom stereocenters. The molecule has 0 fully saturated rings. The van der Waals surface area contributed by atoms with Gasteiger partial charge < -0.3 is 15.3 Å². The number of carbonyl (C=O) groups is 1. The van der Waals surface area contributed by atoms with Crippen LogP contribution in [0.3, 0.4) is 0 Å². The molecule has 0 aromatic heterocycles. The Morgan fingerprint density at radius 1 is 1.62 bits per heavy atom. The molecule has 1 rings (SSSR count). The summed E-state index contributed by atoms with van der Waals surface area (Å²) in [6.07, 6.45) is -0.876. The summed E-state index contributed by atoms with van der Waals surface area (Å²) in [4.78, 5) is 11.0. The fourth-order valence-electron chi connectivity index (χ4n) is 0.890. The van der Waals surface area contributed by atoms with Gasteiger partial charge >= 0.3 is 6.09 Å². The molecule has 0 atom stereocenters. The van der Waals surface area contributed by atoms with E-state index in [0.29, 0.717) is 5.56 Å². The quantitative estimate of drug-likeness (QED) is 0.485. The van der Waals surface area contributed by atoms with Crippen LogP contribution < -0.4 is 5.32 Å². The summed E-state index contributed by atoms with van der Waals surface area (Å²) in [7, 11) is 1.33. The predicted octanol–water partition coefficient (Wildman–Crippen LogP) is 1.92. The number of carbonyl (C=O) groups excluding carboxylic acids is 1. The molecule has 1 amide bonds. The molecule has 0 radical (unpaired) electrons. The van der Waals surface area contributed by atoms with Gasteiger partial charge in [-0.05, 0) is 5.56 Å². The van der Waals surface area contributed by atoms with Crippen molar-refractivity contribution in [2.24, 2.45) is 5.16 Å². The lowest BCUT2D eigenvalue weighted by molar-refractivity contribution is 0.142. The number of ether oxygens (including phenoxy) is 1. The summed E-state index contributed by atoms with van der Waals surface area (Å²) in [5.41, 5.74) is 0.552. The van der Waals surface area contributed by atoms with E-state index >= 15 is 0 Å². The third kappa shape index (κ3) is 3.43. The second-order valence-corrected chi connectivity index (χ2v) is 3.07. The molecule has 0 heterocycles. The zero-order valence-electron chi connectivity index (χ0n) is 10.4. The predicted molar refractivity (Wildman–Crippen MR) is 59.9 cm³/mol. The Bertz CT molecular complexity index is 463. The first-order valence-electron chi connectivity index (χ1n) is 5.30. The molecule has 1 aromatic carbocycles. The van der Waals surface area contributed by atoms with Crippen molar-refractivity contribution < 1.29 is 17.5 Å². The topological polar surface area (TPSA) is 70.9 Å². The number of alkyl carbamates (subject to hydrolysis) is 1. The minimum atomic E-state index is -2.26. The molecule has 0 aliphatic rings. The van der Waals surface area contributed by atoms with Crippen LogP contribution in [0.5, 0.6) is 0 Å². The van der Waals surface area contributed by atoms with E-state index in [1.165, 1.54) is 31.3 Å². The van der Waals surface area contributed by atoms with Crippen LogP contribution in [-0.4, -0.2) is 23.5 Å². The molecule has 0 bridgehead atoms. The highest BCUT2D eigenvalue weighted by atomic mass is 35.5. The first-order valence-corrected chi connectivity index (χ1v) is 4.67. The Morgan fingerprint density at radius 3 is 2.75 bits per heavy atom. The highest BCUT2D eigenvalue weighted by Gasteiger charge is 2.02. The van der Waals surface area contributed by atoms with Gasteiger partial charge in [0.05, 0.1) is 2.74 Å². The average Bonchev–Trinajstić information content (AvgIpc) is 2.37. The summed E-state index contributed by atoms with van der Waals surface area (Å²) >= 11 is 5.57. The van der Waals surface area contributed by atoms with E-state index in [-0.39, 0.29) is 10.7 Å². The highest BCUT2D eigenvalue weighted by molar-refractivity contribution is 6.69. The average molecular weight is 245 g/mol. The van der Waals surface area contributed by atoms with Crippen molar-refractivity contribution in [2.75, 3.05) is 7.05 Å². The second-order valence-electron chi connectivity index (χ2n) is 2.71. The lowest BCUT2D eigenvalue weighted by Crippen LogP contribution is -2.18. The number of halogens is 1. The molecule has 0 saturated heterocycles. The molecule has 5 nitrogen and oxygen atoms in total. The first-order chi connectivity index (χ1) is 8.40. The maximum Gasteiger partial charge on any atom is 0.407 e. The fraction of sp³-hybridized carbons (Fsp3) is 0.200. The minimum absolute atomic E-state index is 0.116. The van der Waals surface area contributed by atoms with E-state index < -0.39 is 12.7 Å². The zero-order chi connectivity index (χ0) is 13.8. The number of nitrogens with zero attached hydrogens (tertiary/aromatic N) is 1. The molecular formula is C10H11ClN2O3. The Hall–Kier alpha value is -1.75. The van der Waals surface area contributed by atoms with Crippen LogP contribution in [0.1, 0.15) is 13.9 Å². The number of nitrogens with one attached hydrogen (secondary N) is 1. The maximum atomic E-state index is 11.0. The molecule has 6 heteroatoms. The van der Waals surface area contributed by atoms with Gasteiger partial charge in [-0.1, -0.05) is 41.0 Å². The SMILES string of the molecule is [2H]C([2H])(OC(=O)NC)c1ccc(C(Cl)=NO)cc1. The zero-order valence-corrected chi connectivity index (χ0v) is 9.15. The Balaban J connectivity index is 2.93. The normalized spacial score (nSPS) is 13.8. The standard InChI is InChI=1S/C10H11ClN2O3/c1-12-10(14)16-6-7-2-4-8(5-3-7)9(11)13-15/h2-5,15H,6H2,1H3,(H,12,14)/i6D2. The molecule has 0 aliphatic carbocycles. The van der Waals surface area contributed by atoms with E-state index in [2.05, 4.69) is 15.2 Å². The summed E-state index contributed by atoms with van der Waals surface area (Å²) in [6, 6.07) is 5.66. The van der Waals surface area contributed by atoms with E-state index in [1.54, 1.807) is 0 Å². The summed E-state index contributed by atoms with van der Waals surface area (Å²) < 4.78 is 19.8. The van der Waals surface area contributed by atoms with Crippen molar-refractivity contribution in [2.45, 2.75) is 6.56 Å². The van der Waals surface area contributed by atoms with Gasteiger partial charge in [-0.2, -0.15) is 0 Å². The maximum absolute atomic E-state index is 11.0. The lowest BCUT2D eigenvalue weighted by Gasteiger charge is -2.04. The van der Waals surface area contributed by atoms with Crippen molar-refractivity contribution in [3.8, 4) is 0 Å². The van der Waals surface area contributed by atoms with Gasteiger partial charge in [-0.25, -0.2) is 4.79 Å². The number of benzene rings is 1. The molecule has 16 heavy (non-hydrogen) atoms. The molecule has 0 aliphatic heterocycles. The van der Waals surface area contributed by atoms with Crippen molar-refractivity contribution in [1.82, 2.24) is 5.32 Å². The molecule has 1 aromatic rings. The van der Waals surface area contributed by atoms with E-state index in [4.69, 9.17) is 19.5 Å². The molecule has 86 valence electrons. The Morgan fingerprint density at radius 2 is 2.25 bits per heavy atom. The highest BCUT2D eigenvalue weighted by Crippen LogP contribution is 2.08. The monoisotopic (exact) mass is 244 g/mol. The first kappa shape index (κ1) is 9.47. The summed E-state index contributed by atoms with van der Waals surface area (Å²) in [5, 5.41) is 13.3. The third-order valence-electron chi connectivity index (χ3n) is 1.68. The number of oxime groups is 1. The summed E-state index contributed by atoms with van der Waals surface area (Å²) in [5.74, 6) is 0. The molecular weight excluding hydrogens is 232 g/mol. The number of amides is 1. The van der Waals surface area contributed by atoms with Gasteiger partial charge in [0.1, 0.15) is 6.56 Å². The Kier molecular flexibility index (Phi) is 3.53. The van der Waals surface area contributed by atoms with Crippen molar-refractivity contribution in [3.05, 3.63) is 35.4 Å². The summed E-state index contributed by atoms with van der Waals surface area (Å²) in [6.45, 7) is -2.26. The number of hydrogen-bond acceptors (Lipinski definition) is 4. The van der Waals surface area contributed by atoms with Gasteiger partial charge in [0, 0.05) is 12.6 Å². The largest absolute Gasteiger partial charge is 0.445 e. The Labute approximate surface area is 100 Å². The molecule has 0 saturated carbocycles. The van der Waals surface area contributed by atoms with Gasteiger partial charge in [0.15, 0.2) is 5.17 Å². The van der Waals surface area contributed by atoms with Gasteiger partial charge in [0.2, 0.25) is 0 Å². The van der Waals surface area contributed by atoms with Crippen LogP contribution in [0.2, 0.25) is 0 Å². The van der Waals surface area contributed by atoms with Crippen molar-refractivity contribution >= 4 is 22.9 Å². The molecule has 0 spiro atoms. The van der Waals surface area contributed by atoms with Crippen LogP contribution >= 0.6 is 11.6 Å². The van der Waals surface area contributed by atoms with Gasteiger partial charge in [-0.15, -0.1) is 0 Å². The van der Waals surface area contributed by atoms with Crippen molar-refractivity contribution in [3.63, 3.8) is 0 Å². The van der Waals surface area contributed by atoms with Gasteiger partial charge in [-0.3, -0.25) is 0 Å². The van der Waals surface area contributed by atoms with Crippen LogP contribution in [0.4, 0.5) is 4.79 Å². The van der Waals surface area contributed by atoms with E-state index in [1.807, 2.05) is 0 Å². The second kappa shape index (κ2) is 5.97. The smallest absolute Gasteiger partial charge is 0.407 e. The minimum Gasteiger partial charge on any atom is -0.445 e.